The number of fused-ring (bicyclic) bond motifs is 6. The minimum atomic E-state index is 1.06. The highest BCUT2D eigenvalue weighted by Gasteiger charge is 2.04. The molecule has 12 heterocycles. The molecule has 0 N–H and O–H groups in total. The molecule has 0 saturated heterocycles. The van der Waals surface area contributed by atoms with Gasteiger partial charge in [0, 0.05) is 153 Å². The van der Waals surface area contributed by atoms with Crippen molar-refractivity contribution in [3.8, 4) is 0 Å². The summed E-state index contributed by atoms with van der Waals surface area (Å²) in [5, 5.41) is 6.13. The van der Waals surface area contributed by atoms with Crippen LogP contribution in [0.1, 0.15) is 34.2 Å². The lowest BCUT2D eigenvalue weighted by molar-refractivity contribution is 0.887. The van der Waals surface area contributed by atoms with Crippen molar-refractivity contribution in [2.75, 3.05) is 0 Å². The summed E-state index contributed by atoms with van der Waals surface area (Å²) in [7, 11) is 12.3. The monoisotopic (exact) mass is 877 g/mol. The van der Waals surface area contributed by atoms with Crippen LogP contribution in [0.2, 0.25) is 0 Å². The lowest BCUT2D eigenvalue weighted by atomic mass is 10.3. The zero-order valence-electron chi connectivity index (χ0n) is 40.2. The molecule has 12 nitrogen and oxygen atoms in total. The van der Waals surface area contributed by atoms with Crippen molar-refractivity contribution >= 4 is 65.8 Å². The van der Waals surface area contributed by atoms with Gasteiger partial charge in [0.1, 0.15) is 11.3 Å². The zero-order valence-corrected chi connectivity index (χ0v) is 40.2. The van der Waals surface area contributed by atoms with Gasteiger partial charge in [0.25, 0.3) is 0 Å². The van der Waals surface area contributed by atoms with Crippen molar-refractivity contribution in [2.45, 2.75) is 41.5 Å². The van der Waals surface area contributed by atoms with Crippen LogP contribution < -0.4 is 0 Å². The Balaban J connectivity index is 0.000000118. The SMILES string of the molecule is Cc1c2ncccc2cn1C.Cc1cc2cccnc2n1C.Cc1cc2cccnc2n1C.Cc1cc2ccncc2n1C.Cc1cc2cnccc2n1C.Cc1cc2ncccc2n1C. The molecule has 0 bridgehead atoms. The maximum absolute atomic E-state index is 4.28. The highest BCUT2D eigenvalue weighted by atomic mass is 15.0. The predicted octanol–water partition coefficient (Wildman–Crippen LogP) is 11.3. The van der Waals surface area contributed by atoms with E-state index in [4.69, 9.17) is 0 Å². The van der Waals surface area contributed by atoms with Crippen molar-refractivity contribution in [1.82, 2.24) is 57.3 Å². The molecule has 336 valence electrons. The Morgan fingerprint density at radius 1 is 0.364 bits per heavy atom. The molecule has 0 spiro atoms. The molecule has 0 fully saturated rings. The first-order valence-electron chi connectivity index (χ1n) is 21.9. The fraction of sp³-hybridized carbons (Fsp3) is 0.222. The summed E-state index contributed by atoms with van der Waals surface area (Å²) in [6.07, 6.45) is 16.8. The van der Waals surface area contributed by atoms with E-state index >= 15 is 0 Å². The van der Waals surface area contributed by atoms with Gasteiger partial charge < -0.3 is 27.4 Å². The molecule has 12 aromatic heterocycles. The van der Waals surface area contributed by atoms with Crippen LogP contribution in [0.15, 0.2) is 147 Å². The van der Waals surface area contributed by atoms with Gasteiger partial charge in [-0.1, -0.05) is 0 Å². The largest absolute Gasteiger partial charge is 0.352 e. The average molecular weight is 877 g/mol. The third-order valence-electron chi connectivity index (χ3n) is 12.3. The minimum absolute atomic E-state index is 1.06. The van der Waals surface area contributed by atoms with E-state index in [9.17, 15) is 0 Å². The van der Waals surface area contributed by atoms with E-state index in [-0.39, 0.29) is 0 Å². The second-order valence-electron chi connectivity index (χ2n) is 16.6. The third kappa shape index (κ3) is 10.1. The van der Waals surface area contributed by atoms with Gasteiger partial charge in [0.05, 0.1) is 33.8 Å². The highest BCUT2D eigenvalue weighted by molar-refractivity contribution is 5.82. The van der Waals surface area contributed by atoms with E-state index in [1.165, 1.54) is 77.6 Å². The number of pyridine rings is 6. The van der Waals surface area contributed by atoms with Gasteiger partial charge >= 0.3 is 0 Å². The molecule has 12 rings (SSSR count). The van der Waals surface area contributed by atoms with Crippen molar-refractivity contribution in [1.29, 1.82) is 0 Å². The van der Waals surface area contributed by atoms with E-state index in [2.05, 4.69) is 181 Å². The lowest BCUT2D eigenvalue weighted by Crippen LogP contribution is -1.90. The van der Waals surface area contributed by atoms with Crippen LogP contribution in [-0.2, 0) is 42.3 Å². The number of hydrogen-bond acceptors (Lipinski definition) is 6. The van der Waals surface area contributed by atoms with E-state index < -0.39 is 0 Å². The van der Waals surface area contributed by atoms with E-state index in [0.717, 1.165) is 22.3 Å². The summed E-state index contributed by atoms with van der Waals surface area (Å²) in [5.74, 6) is 0. The summed E-state index contributed by atoms with van der Waals surface area (Å²) >= 11 is 0. The minimum Gasteiger partial charge on any atom is -0.352 e. The predicted molar refractivity (Wildman–Crippen MR) is 273 cm³/mol. The quantitative estimate of drug-likeness (QED) is 0.150. The number of aryl methyl sites for hydroxylation is 12. The fourth-order valence-electron chi connectivity index (χ4n) is 7.81. The number of rotatable bonds is 0. The van der Waals surface area contributed by atoms with Gasteiger partial charge in [-0.05, 0) is 133 Å². The van der Waals surface area contributed by atoms with Crippen molar-refractivity contribution in [2.24, 2.45) is 42.3 Å². The topological polar surface area (TPSA) is 107 Å². The molecule has 66 heavy (non-hydrogen) atoms. The third-order valence-corrected chi connectivity index (χ3v) is 12.3. The van der Waals surface area contributed by atoms with Crippen LogP contribution in [0.25, 0.3) is 65.8 Å². The summed E-state index contributed by atoms with van der Waals surface area (Å²) in [5.41, 5.74) is 15.5. The lowest BCUT2D eigenvalue weighted by Gasteiger charge is -1.96. The normalized spacial score (nSPS) is 10.7. The standard InChI is InChI=1S/6C9H10N2/c1-7-5-8-6-10-4-3-9(8)11(7)2;1-7-5-8-3-4-10-6-9(8)11(7)2;1-7-9-8(6-11(7)2)4-3-5-10-9;1-7-6-8-9(11(7)2)4-3-5-10-8;2*1-7-6-8-4-3-5-10-9(8)11(7)2/h6*3-6H,1-2H3. The van der Waals surface area contributed by atoms with Gasteiger partial charge in [-0.15, -0.1) is 0 Å². The Morgan fingerprint density at radius 3 is 1.41 bits per heavy atom. The first-order chi connectivity index (χ1) is 31.7. The van der Waals surface area contributed by atoms with Crippen LogP contribution >= 0.6 is 0 Å². The van der Waals surface area contributed by atoms with Gasteiger partial charge in [0.2, 0.25) is 0 Å². The molecule has 0 aromatic carbocycles. The van der Waals surface area contributed by atoms with Crippen LogP contribution in [-0.4, -0.2) is 57.3 Å². The molecule has 0 amide bonds. The van der Waals surface area contributed by atoms with Gasteiger partial charge in [-0.25, -0.2) is 9.97 Å². The molecule has 0 atom stereocenters. The molecule has 12 aromatic rings. The number of hydrogen-bond donors (Lipinski definition) is 0. The van der Waals surface area contributed by atoms with Gasteiger partial charge in [0.15, 0.2) is 0 Å². The molecule has 12 heteroatoms. The molecular weight excluding hydrogens is 817 g/mol. The average Bonchev–Trinajstić information content (AvgIpc) is 4.13. The van der Waals surface area contributed by atoms with E-state index in [0.29, 0.717) is 0 Å². The first kappa shape index (κ1) is 46.1. The maximum atomic E-state index is 4.28. The molecule has 0 radical (unpaired) electrons. The molecule has 0 unspecified atom stereocenters. The second kappa shape index (κ2) is 20.3. The Kier molecular flexibility index (Phi) is 14.2. The summed E-state index contributed by atoms with van der Waals surface area (Å²) in [6, 6.07) is 30.9. The Morgan fingerprint density at radius 2 is 0.833 bits per heavy atom. The van der Waals surface area contributed by atoms with E-state index in [1.54, 1.807) is 0 Å². The Hall–Kier alpha value is -7.86. The molecule has 0 saturated carbocycles. The summed E-state index contributed by atoms with van der Waals surface area (Å²) in [4.78, 5) is 25.2. The first-order valence-corrected chi connectivity index (χ1v) is 21.9. The summed E-state index contributed by atoms with van der Waals surface area (Å²) < 4.78 is 12.7. The molecule has 0 aliphatic rings. The highest BCUT2D eigenvalue weighted by Crippen LogP contribution is 2.19. The maximum Gasteiger partial charge on any atom is 0.139 e. The number of aromatic nitrogens is 12. The molecule has 0 aliphatic carbocycles. The van der Waals surface area contributed by atoms with E-state index in [1.807, 2.05) is 107 Å². The summed E-state index contributed by atoms with van der Waals surface area (Å²) in [6.45, 7) is 12.5. The molecule has 0 aliphatic heterocycles. The zero-order chi connectivity index (χ0) is 47.1. The Bertz CT molecular complexity index is 2930. The van der Waals surface area contributed by atoms with Crippen LogP contribution in [0.5, 0.6) is 0 Å². The van der Waals surface area contributed by atoms with Gasteiger partial charge in [-0.2, -0.15) is 0 Å². The van der Waals surface area contributed by atoms with Crippen LogP contribution in [0.3, 0.4) is 0 Å². The van der Waals surface area contributed by atoms with Crippen LogP contribution in [0, 0.1) is 41.5 Å². The fourth-order valence-corrected chi connectivity index (χ4v) is 7.81. The second-order valence-corrected chi connectivity index (χ2v) is 16.6. The van der Waals surface area contributed by atoms with Crippen molar-refractivity contribution in [3.63, 3.8) is 0 Å². The van der Waals surface area contributed by atoms with Crippen molar-refractivity contribution < 1.29 is 0 Å². The van der Waals surface area contributed by atoms with Crippen molar-refractivity contribution in [3.05, 3.63) is 181 Å². The number of nitrogens with zero attached hydrogens (tertiary/aromatic N) is 12. The smallest absolute Gasteiger partial charge is 0.139 e. The Labute approximate surface area is 386 Å². The molecular formula is C54H60N12. The van der Waals surface area contributed by atoms with Gasteiger partial charge in [-0.3, -0.25) is 19.9 Å². The van der Waals surface area contributed by atoms with Crippen LogP contribution in [0.4, 0.5) is 0 Å².